The van der Waals surface area contributed by atoms with Gasteiger partial charge < -0.3 is 5.32 Å². The van der Waals surface area contributed by atoms with Gasteiger partial charge in [0.2, 0.25) is 5.91 Å². The Kier molecular flexibility index (Phi) is 5.08. The normalized spacial score (nSPS) is 11.4. The fraction of sp³-hybridized carbons (Fsp3) is 0.158. The second-order valence-corrected chi connectivity index (χ2v) is 6.62. The molecule has 0 aliphatic carbocycles. The van der Waals surface area contributed by atoms with E-state index in [1.54, 1.807) is 43.6 Å². The Balaban J connectivity index is 2.12. The number of thiophene rings is 1. The van der Waals surface area contributed by atoms with E-state index in [2.05, 4.69) is 10.3 Å². The molecule has 2 aromatic heterocycles. The molecule has 0 atom stereocenters. The van der Waals surface area contributed by atoms with E-state index in [0.29, 0.717) is 22.5 Å². The summed E-state index contributed by atoms with van der Waals surface area (Å²) in [5.41, 5.74) is 1.20. The highest BCUT2D eigenvalue weighted by molar-refractivity contribution is 7.20. The van der Waals surface area contributed by atoms with Crippen LogP contribution in [0.15, 0.2) is 54.9 Å². The van der Waals surface area contributed by atoms with Crippen LogP contribution in [0.1, 0.15) is 18.9 Å². The van der Waals surface area contributed by atoms with Gasteiger partial charge in [0.15, 0.2) is 0 Å². The van der Waals surface area contributed by atoms with E-state index in [-0.39, 0.29) is 5.91 Å². The minimum atomic E-state index is -4.41. The van der Waals surface area contributed by atoms with Crippen LogP contribution in [0.5, 0.6) is 0 Å². The van der Waals surface area contributed by atoms with Gasteiger partial charge in [0.25, 0.3) is 0 Å². The van der Waals surface area contributed by atoms with Gasteiger partial charge in [0, 0.05) is 29.3 Å². The molecule has 1 aromatic carbocycles. The van der Waals surface area contributed by atoms with Gasteiger partial charge in [-0.1, -0.05) is 19.1 Å². The average Bonchev–Trinajstić information content (AvgIpc) is 3.05. The lowest BCUT2D eigenvalue weighted by molar-refractivity contribution is -0.137. The Bertz CT molecular complexity index is 920. The summed E-state index contributed by atoms with van der Waals surface area (Å²) in [6.45, 7) is 1.74. The third-order valence-corrected chi connectivity index (χ3v) is 4.86. The van der Waals surface area contributed by atoms with Crippen molar-refractivity contribution in [1.82, 2.24) is 4.98 Å². The zero-order chi connectivity index (χ0) is 18.7. The fourth-order valence-electron chi connectivity index (χ4n) is 2.47. The van der Waals surface area contributed by atoms with Gasteiger partial charge in [-0.15, -0.1) is 11.3 Å². The highest BCUT2D eigenvalue weighted by atomic mass is 32.1. The predicted molar refractivity (Wildman–Crippen MR) is 96.9 cm³/mol. The summed E-state index contributed by atoms with van der Waals surface area (Å²) in [6, 6.07) is 10.5. The topological polar surface area (TPSA) is 42.0 Å². The second kappa shape index (κ2) is 7.29. The quantitative estimate of drug-likeness (QED) is 0.621. The highest BCUT2D eigenvalue weighted by Crippen LogP contribution is 2.43. The van der Waals surface area contributed by atoms with Crippen molar-refractivity contribution in [3.63, 3.8) is 0 Å². The van der Waals surface area contributed by atoms with Gasteiger partial charge in [-0.05, 0) is 41.5 Å². The van der Waals surface area contributed by atoms with Gasteiger partial charge in [-0.3, -0.25) is 9.78 Å². The van der Waals surface area contributed by atoms with E-state index in [1.807, 2.05) is 0 Å². The van der Waals surface area contributed by atoms with Crippen LogP contribution in [0.25, 0.3) is 21.6 Å². The molecule has 0 fully saturated rings. The SMILES string of the molecule is CCC(=O)Nc1cc(-c2cccc(C(F)(F)F)c2)c(-c2ccncc2)s1. The Hall–Kier alpha value is -2.67. The summed E-state index contributed by atoms with van der Waals surface area (Å²) in [5.74, 6) is -0.150. The molecule has 0 radical (unpaired) electrons. The van der Waals surface area contributed by atoms with E-state index in [4.69, 9.17) is 0 Å². The van der Waals surface area contributed by atoms with Gasteiger partial charge >= 0.3 is 6.18 Å². The lowest BCUT2D eigenvalue weighted by Gasteiger charge is -2.09. The van der Waals surface area contributed by atoms with Crippen molar-refractivity contribution in [3.8, 4) is 21.6 Å². The van der Waals surface area contributed by atoms with Crippen LogP contribution >= 0.6 is 11.3 Å². The minimum absolute atomic E-state index is 0.150. The van der Waals surface area contributed by atoms with Crippen LogP contribution in [-0.2, 0) is 11.0 Å². The number of amides is 1. The Morgan fingerprint density at radius 1 is 1.12 bits per heavy atom. The summed E-state index contributed by atoms with van der Waals surface area (Å²) in [6.07, 6.45) is -0.853. The lowest BCUT2D eigenvalue weighted by atomic mass is 10.0. The van der Waals surface area contributed by atoms with E-state index in [0.717, 1.165) is 22.6 Å². The molecule has 7 heteroatoms. The lowest BCUT2D eigenvalue weighted by Crippen LogP contribution is -2.07. The zero-order valence-electron chi connectivity index (χ0n) is 13.8. The van der Waals surface area contributed by atoms with Crippen LogP contribution in [0.4, 0.5) is 18.2 Å². The van der Waals surface area contributed by atoms with Crippen LogP contribution in [-0.4, -0.2) is 10.9 Å². The maximum absolute atomic E-state index is 13.1. The zero-order valence-corrected chi connectivity index (χ0v) is 14.6. The van der Waals surface area contributed by atoms with Gasteiger partial charge in [-0.25, -0.2) is 0 Å². The van der Waals surface area contributed by atoms with Crippen LogP contribution in [0.3, 0.4) is 0 Å². The molecule has 26 heavy (non-hydrogen) atoms. The molecule has 3 rings (SSSR count). The number of anilines is 1. The number of nitrogens with one attached hydrogen (secondary N) is 1. The number of benzene rings is 1. The number of carbonyl (C=O) groups is 1. The summed E-state index contributed by atoms with van der Waals surface area (Å²) >= 11 is 1.32. The first kappa shape index (κ1) is 18.1. The van der Waals surface area contributed by atoms with Crippen molar-refractivity contribution >= 4 is 22.2 Å². The molecule has 1 amide bonds. The largest absolute Gasteiger partial charge is 0.416 e. The molecule has 0 bridgehead atoms. The molecule has 2 heterocycles. The fourth-order valence-corrected chi connectivity index (χ4v) is 3.58. The highest BCUT2D eigenvalue weighted by Gasteiger charge is 2.30. The van der Waals surface area contributed by atoms with Crippen molar-refractivity contribution in [1.29, 1.82) is 0 Å². The van der Waals surface area contributed by atoms with Crippen molar-refractivity contribution in [2.24, 2.45) is 0 Å². The number of rotatable bonds is 4. The number of pyridine rings is 1. The average molecular weight is 376 g/mol. The van der Waals surface area contributed by atoms with Crippen LogP contribution in [0.2, 0.25) is 0 Å². The number of nitrogens with zero attached hydrogens (tertiary/aromatic N) is 1. The maximum atomic E-state index is 13.1. The van der Waals surface area contributed by atoms with Gasteiger partial charge in [0.05, 0.1) is 10.6 Å². The molecule has 1 N–H and O–H groups in total. The summed E-state index contributed by atoms with van der Waals surface area (Å²) in [5, 5.41) is 3.37. The number of alkyl halides is 3. The Morgan fingerprint density at radius 3 is 2.50 bits per heavy atom. The van der Waals surface area contributed by atoms with Gasteiger partial charge in [0.1, 0.15) is 0 Å². The maximum Gasteiger partial charge on any atom is 0.416 e. The second-order valence-electron chi connectivity index (χ2n) is 5.57. The summed E-state index contributed by atoms with van der Waals surface area (Å²) < 4.78 is 39.2. The molecule has 0 saturated heterocycles. The third-order valence-electron chi connectivity index (χ3n) is 3.76. The molecule has 0 aliphatic rings. The van der Waals surface area contributed by atoms with Crippen molar-refractivity contribution in [2.45, 2.75) is 19.5 Å². The minimum Gasteiger partial charge on any atom is -0.318 e. The summed E-state index contributed by atoms with van der Waals surface area (Å²) in [7, 11) is 0. The Morgan fingerprint density at radius 2 is 1.85 bits per heavy atom. The van der Waals surface area contributed by atoms with E-state index >= 15 is 0 Å². The standard InChI is InChI=1S/C19H15F3N2OS/c1-2-16(25)24-17-11-15(18(26-17)12-6-8-23-9-7-12)13-4-3-5-14(10-13)19(20,21)22/h3-11H,2H2,1H3,(H,24,25). The molecule has 0 spiro atoms. The molecule has 0 saturated carbocycles. The first-order valence-electron chi connectivity index (χ1n) is 7.90. The molecular weight excluding hydrogens is 361 g/mol. The van der Waals surface area contributed by atoms with Crippen LogP contribution in [0, 0.1) is 0 Å². The molecule has 3 aromatic rings. The number of aromatic nitrogens is 1. The number of halogens is 3. The van der Waals surface area contributed by atoms with Crippen molar-refractivity contribution < 1.29 is 18.0 Å². The molecule has 134 valence electrons. The third kappa shape index (κ3) is 3.94. The number of hydrogen-bond donors (Lipinski definition) is 1. The smallest absolute Gasteiger partial charge is 0.318 e. The monoisotopic (exact) mass is 376 g/mol. The first-order valence-corrected chi connectivity index (χ1v) is 8.72. The summed E-state index contributed by atoms with van der Waals surface area (Å²) in [4.78, 5) is 16.4. The molecule has 3 nitrogen and oxygen atoms in total. The van der Waals surface area contributed by atoms with Gasteiger partial charge in [-0.2, -0.15) is 13.2 Å². The molecule has 0 aliphatic heterocycles. The first-order chi connectivity index (χ1) is 12.4. The van der Waals surface area contributed by atoms with E-state index in [9.17, 15) is 18.0 Å². The van der Waals surface area contributed by atoms with E-state index < -0.39 is 11.7 Å². The Labute approximate surface area is 152 Å². The molecular formula is C19H15F3N2OS. The predicted octanol–water partition coefficient (Wildman–Crippen LogP) is 5.84. The number of carbonyl (C=O) groups excluding carboxylic acids is 1. The molecule has 0 unspecified atom stereocenters. The van der Waals surface area contributed by atoms with Crippen molar-refractivity contribution in [3.05, 3.63) is 60.4 Å². The number of hydrogen-bond acceptors (Lipinski definition) is 3. The van der Waals surface area contributed by atoms with E-state index in [1.165, 1.54) is 17.4 Å². The van der Waals surface area contributed by atoms with Crippen LogP contribution < -0.4 is 5.32 Å². The van der Waals surface area contributed by atoms with Crippen molar-refractivity contribution in [2.75, 3.05) is 5.32 Å².